The van der Waals surface area contributed by atoms with Gasteiger partial charge >= 0.3 is 5.97 Å². The fourth-order valence-electron chi connectivity index (χ4n) is 6.67. The van der Waals surface area contributed by atoms with Crippen LogP contribution in [0, 0.1) is 24.2 Å². The molecule has 39 heavy (non-hydrogen) atoms. The van der Waals surface area contributed by atoms with Gasteiger partial charge in [0, 0.05) is 35.5 Å². The fourth-order valence-corrected chi connectivity index (χ4v) is 6.87. The average molecular weight is 548 g/mol. The standard InChI is InChI=1S/C32H38ClN3O3/c1-20-6-4-8-22-12-15-28(35-29(20)22)36-17-16-26(32(2,3)19-36)30(37)34-27-9-5-7-21(27)10-11-23-18-24(33)13-14-25(23)31(38)39/h4,6,8,12-15,18,21,26-27H,5,7,9-11,16-17,19H2,1-3H3,(H,34,37)(H,38,39)/t21-,26?,27-/m0/s1. The average Bonchev–Trinajstić information content (AvgIpc) is 3.33. The maximum absolute atomic E-state index is 13.6. The van der Waals surface area contributed by atoms with Crippen molar-refractivity contribution < 1.29 is 14.7 Å². The summed E-state index contributed by atoms with van der Waals surface area (Å²) >= 11 is 6.15. The van der Waals surface area contributed by atoms with Gasteiger partial charge in [0.15, 0.2) is 0 Å². The molecule has 0 spiro atoms. The van der Waals surface area contributed by atoms with Crippen LogP contribution in [0.5, 0.6) is 0 Å². The van der Waals surface area contributed by atoms with Crippen LogP contribution >= 0.6 is 11.6 Å². The lowest BCUT2D eigenvalue weighted by Crippen LogP contribution is -2.53. The Hall–Kier alpha value is -3.12. The third-order valence-corrected chi connectivity index (χ3v) is 9.08. The lowest BCUT2D eigenvalue weighted by atomic mass is 9.73. The molecule has 2 heterocycles. The number of carbonyl (C=O) groups excluding carboxylic acids is 1. The number of pyridine rings is 1. The van der Waals surface area contributed by atoms with Gasteiger partial charge in [0.1, 0.15) is 5.82 Å². The van der Waals surface area contributed by atoms with Gasteiger partial charge in [-0.1, -0.05) is 50.1 Å². The number of aryl methyl sites for hydroxylation is 2. The molecule has 0 bridgehead atoms. The summed E-state index contributed by atoms with van der Waals surface area (Å²) in [6.07, 6.45) is 5.35. The number of hydrogen-bond acceptors (Lipinski definition) is 4. The number of nitrogens with one attached hydrogen (secondary N) is 1. The molecular weight excluding hydrogens is 510 g/mol. The van der Waals surface area contributed by atoms with Crippen molar-refractivity contribution in [3.63, 3.8) is 0 Å². The molecule has 7 heteroatoms. The molecule has 5 rings (SSSR count). The largest absolute Gasteiger partial charge is 0.478 e. The van der Waals surface area contributed by atoms with Crippen LogP contribution in [0.4, 0.5) is 5.82 Å². The molecule has 1 aromatic heterocycles. The summed E-state index contributed by atoms with van der Waals surface area (Å²) in [5.74, 6) is 0.460. The fraction of sp³-hybridized carbons (Fsp3) is 0.469. The molecule has 3 aromatic rings. The van der Waals surface area contributed by atoms with Crippen LogP contribution in [0.3, 0.4) is 0 Å². The maximum Gasteiger partial charge on any atom is 0.335 e. The zero-order chi connectivity index (χ0) is 27.7. The summed E-state index contributed by atoms with van der Waals surface area (Å²) < 4.78 is 0. The van der Waals surface area contributed by atoms with Crippen LogP contribution < -0.4 is 10.2 Å². The monoisotopic (exact) mass is 547 g/mol. The van der Waals surface area contributed by atoms with E-state index in [-0.39, 0.29) is 23.3 Å². The minimum Gasteiger partial charge on any atom is -0.478 e. The number of para-hydroxylation sites is 1. The predicted octanol–water partition coefficient (Wildman–Crippen LogP) is 6.67. The Balaban J connectivity index is 1.22. The summed E-state index contributed by atoms with van der Waals surface area (Å²) in [5.41, 5.74) is 3.08. The van der Waals surface area contributed by atoms with E-state index >= 15 is 0 Å². The number of benzene rings is 2. The first-order valence-corrected chi connectivity index (χ1v) is 14.4. The molecule has 2 N–H and O–H groups in total. The number of rotatable bonds is 7. The van der Waals surface area contributed by atoms with E-state index < -0.39 is 5.97 Å². The molecule has 1 amide bonds. The van der Waals surface area contributed by atoms with Crippen LogP contribution in [-0.4, -0.2) is 41.1 Å². The van der Waals surface area contributed by atoms with E-state index in [4.69, 9.17) is 16.6 Å². The molecule has 3 atom stereocenters. The van der Waals surface area contributed by atoms with Gasteiger partial charge in [0.05, 0.1) is 11.1 Å². The summed E-state index contributed by atoms with van der Waals surface area (Å²) in [6, 6.07) is 15.6. The Labute approximate surface area is 235 Å². The second-order valence-corrected chi connectivity index (χ2v) is 12.5. The highest BCUT2D eigenvalue weighted by atomic mass is 35.5. The number of carbonyl (C=O) groups is 2. The van der Waals surface area contributed by atoms with E-state index in [1.807, 2.05) is 0 Å². The lowest BCUT2D eigenvalue weighted by Gasteiger charge is -2.44. The lowest BCUT2D eigenvalue weighted by molar-refractivity contribution is -0.130. The van der Waals surface area contributed by atoms with E-state index in [0.717, 1.165) is 67.5 Å². The Morgan fingerprint density at radius 1 is 1.13 bits per heavy atom. The van der Waals surface area contributed by atoms with Crippen molar-refractivity contribution in [3.05, 3.63) is 70.2 Å². The number of anilines is 1. The highest BCUT2D eigenvalue weighted by Gasteiger charge is 2.42. The number of carboxylic acids is 1. The number of aromatic carboxylic acids is 1. The minimum absolute atomic E-state index is 0.0660. The molecule has 0 radical (unpaired) electrons. The highest BCUT2D eigenvalue weighted by molar-refractivity contribution is 6.30. The quantitative estimate of drug-likeness (QED) is 0.345. The zero-order valence-corrected chi connectivity index (χ0v) is 23.8. The van der Waals surface area contributed by atoms with Crippen LogP contribution in [0.25, 0.3) is 10.9 Å². The van der Waals surface area contributed by atoms with Crippen molar-refractivity contribution in [2.75, 3.05) is 18.0 Å². The molecule has 2 fully saturated rings. The zero-order valence-electron chi connectivity index (χ0n) is 23.0. The third-order valence-electron chi connectivity index (χ3n) is 8.85. The smallest absolute Gasteiger partial charge is 0.335 e. The van der Waals surface area contributed by atoms with Crippen molar-refractivity contribution in [2.24, 2.45) is 17.3 Å². The van der Waals surface area contributed by atoms with E-state index in [1.165, 1.54) is 5.56 Å². The van der Waals surface area contributed by atoms with Crippen LogP contribution in [0.15, 0.2) is 48.5 Å². The van der Waals surface area contributed by atoms with E-state index in [0.29, 0.717) is 22.9 Å². The van der Waals surface area contributed by atoms with Gasteiger partial charge in [-0.15, -0.1) is 0 Å². The molecule has 1 saturated heterocycles. The predicted molar refractivity (Wildman–Crippen MR) is 157 cm³/mol. The second-order valence-electron chi connectivity index (χ2n) is 12.0. The summed E-state index contributed by atoms with van der Waals surface area (Å²) in [6.45, 7) is 8.04. The van der Waals surface area contributed by atoms with Gasteiger partial charge in [-0.3, -0.25) is 4.79 Å². The number of halogens is 1. The number of piperidine rings is 1. The molecule has 6 nitrogen and oxygen atoms in total. The first-order valence-electron chi connectivity index (χ1n) is 14.1. The van der Waals surface area contributed by atoms with Crippen molar-refractivity contribution >= 4 is 40.2 Å². The number of amides is 1. The van der Waals surface area contributed by atoms with E-state index in [1.54, 1.807) is 18.2 Å². The molecule has 1 aliphatic carbocycles. The molecular formula is C32H38ClN3O3. The molecule has 206 valence electrons. The van der Waals surface area contributed by atoms with Crippen molar-refractivity contribution in [2.45, 2.75) is 65.3 Å². The Kier molecular flexibility index (Phi) is 7.86. The van der Waals surface area contributed by atoms with Gasteiger partial charge < -0.3 is 15.3 Å². The molecule has 1 saturated carbocycles. The SMILES string of the molecule is Cc1cccc2ccc(N3CCC(C(=O)N[C@H]4CCC[C@H]4CCc4cc(Cl)ccc4C(=O)O)C(C)(C)C3)nc12. The first-order chi connectivity index (χ1) is 18.6. The van der Waals surface area contributed by atoms with Crippen molar-refractivity contribution in [1.82, 2.24) is 10.3 Å². The molecule has 2 aromatic carbocycles. The molecule has 2 aliphatic rings. The topological polar surface area (TPSA) is 82.5 Å². The summed E-state index contributed by atoms with van der Waals surface area (Å²) in [7, 11) is 0. The van der Waals surface area contributed by atoms with Crippen LogP contribution in [0.2, 0.25) is 5.02 Å². The van der Waals surface area contributed by atoms with E-state index in [2.05, 4.69) is 61.3 Å². The van der Waals surface area contributed by atoms with E-state index in [9.17, 15) is 14.7 Å². The number of aromatic nitrogens is 1. The van der Waals surface area contributed by atoms with Gasteiger partial charge in [-0.25, -0.2) is 9.78 Å². The van der Waals surface area contributed by atoms with Gasteiger partial charge in [0.2, 0.25) is 5.91 Å². The Morgan fingerprint density at radius 2 is 1.95 bits per heavy atom. The highest BCUT2D eigenvalue weighted by Crippen LogP contribution is 2.38. The number of hydrogen-bond donors (Lipinski definition) is 2. The first kappa shape index (κ1) is 27.4. The van der Waals surface area contributed by atoms with Crippen LogP contribution in [0.1, 0.15) is 67.4 Å². The van der Waals surface area contributed by atoms with Gasteiger partial charge in [-0.05, 0) is 91.8 Å². The minimum atomic E-state index is -0.930. The van der Waals surface area contributed by atoms with Crippen molar-refractivity contribution in [1.29, 1.82) is 0 Å². The normalized spacial score (nSPS) is 22.7. The van der Waals surface area contributed by atoms with Gasteiger partial charge in [0.25, 0.3) is 0 Å². The summed E-state index contributed by atoms with van der Waals surface area (Å²) in [5, 5.41) is 14.7. The maximum atomic E-state index is 13.6. The molecule has 1 unspecified atom stereocenters. The van der Waals surface area contributed by atoms with Gasteiger partial charge in [-0.2, -0.15) is 0 Å². The second kappa shape index (κ2) is 11.2. The number of nitrogens with zero attached hydrogens (tertiary/aromatic N) is 2. The third kappa shape index (κ3) is 5.91. The number of carboxylic acid groups (broad SMARTS) is 1. The molecule has 1 aliphatic heterocycles. The van der Waals surface area contributed by atoms with Crippen molar-refractivity contribution in [3.8, 4) is 0 Å². The van der Waals surface area contributed by atoms with Crippen LogP contribution in [-0.2, 0) is 11.2 Å². The number of fused-ring (bicyclic) bond motifs is 1. The Bertz CT molecular complexity index is 1390. The Morgan fingerprint density at radius 3 is 2.72 bits per heavy atom. The summed E-state index contributed by atoms with van der Waals surface area (Å²) in [4.78, 5) is 32.5.